The van der Waals surface area contributed by atoms with Gasteiger partial charge in [-0.15, -0.1) is 0 Å². The molecule has 9 nitrogen and oxygen atoms in total. The zero-order valence-electron chi connectivity index (χ0n) is 18.8. The van der Waals surface area contributed by atoms with Crippen LogP contribution in [0.1, 0.15) is 31.8 Å². The van der Waals surface area contributed by atoms with Crippen molar-refractivity contribution in [1.29, 1.82) is 0 Å². The van der Waals surface area contributed by atoms with Crippen molar-refractivity contribution < 1.29 is 34.1 Å². The molecule has 186 valence electrons. The Kier molecular flexibility index (Phi) is 7.46. The summed E-state index contributed by atoms with van der Waals surface area (Å²) in [5, 5.41) is 20.6. The Labute approximate surface area is 224 Å². The fraction of sp³-hybridized carbons (Fsp3) is 0.0385. The van der Waals surface area contributed by atoms with Gasteiger partial charge in [0.05, 0.1) is 21.3 Å². The molecule has 1 fully saturated rings. The normalized spacial score (nSPS) is 14.5. The van der Waals surface area contributed by atoms with Crippen molar-refractivity contribution in [1.82, 2.24) is 5.32 Å². The van der Waals surface area contributed by atoms with Crippen molar-refractivity contribution in [3.05, 3.63) is 99.0 Å². The third-order valence-electron chi connectivity index (χ3n) is 5.32. The van der Waals surface area contributed by atoms with Crippen molar-refractivity contribution >= 4 is 68.8 Å². The number of hydrogen-bond acceptors (Lipinski definition) is 6. The van der Waals surface area contributed by atoms with Crippen LogP contribution in [0.15, 0.2) is 76.8 Å². The number of ether oxygens (including phenoxy) is 1. The molecule has 3 aromatic rings. The number of thiocarbonyl (C=S) groups is 1. The molecular weight excluding hydrogens is 564 g/mol. The van der Waals surface area contributed by atoms with Crippen LogP contribution in [-0.4, -0.2) is 39.1 Å². The lowest BCUT2D eigenvalue weighted by atomic mass is 10.1. The molecule has 0 aliphatic carbocycles. The molecule has 1 saturated heterocycles. The van der Waals surface area contributed by atoms with Gasteiger partial charge in [0.2, 0.25) is 0 Å². The van der Waals surface area contributed by atoms with E-state index >= 15 is 0 Å². The van der Waals surface area contributed by atoms with Gasteiger partial charge in [0.1, 0.15) is 17.9 Å². The molecule has 0 atom stereocenters. The van der Waals surface area contributed by atoms with Crippen LogP contribution in [0.2, 0.25) is 0 Å². The number of hydrogen-bond donors (Lipinski definition) is 3. The topological polar surface area (TPSA) is 133 Å². The lowest BCUT2D eigenvalue weighted by Crippen LogP contribution is -2.54. The fourth-order valence-corrected chi connectivity index (χ4v) is 4.26. The van der Waals surface area contributed by atoms with Gasteiger partial charge in [-0.2, -0.15) is 0 Å². The second kappa shape index (κ2) is 10.7. The van der Waals surface area contributed by atoms with Gasteiger partial charge >= 0.3 is 11.9 Å². The van der Waals surface area contributed by atoms with Crippen LogP contribution in [0.25, 0.3) is 6.08 Å². The maximum absolute atomic E-state index is 13.2. The number of aromatic carboxylic acids is 2. The van der Waals surface area contributed by atoms with Gasteiger partial charge in [0, 0.05) is 0 Å². The summed E-state index contributed by atoms with van der Waals surface area (Å²) in [7, 11) is 0. The monoisotopic (exact) mass is 580 g/mol. The molecule has 0 bridgehead atoms. The van der Waals surface area contributed by atoms with Gasteiger partial charge in [0.15, 0.2) is 5.11 Å². The minimum Gasteiger partial charge on any atom is -0.488 e. The minimum absolute atomic E-state index is 0.0344. The fourth-order valence-electron chi connectivity index (χ4n) is 3.47. The number of carbonyl (C=O) groups is 4. The maximum atomic E-state index is 13.2. The molecule has 3 N–H and O–H groups in total. The predicted molar refractivity (Wildman–Crippen MR) is 141 cm³/mol. The van der Waals surface area contributed by atoms with Gasteiger partial charge in [-0.05, 0) is 87.8 Å². The van der Waals surface area contributed by atoms with Crippen molar-refractivity contribution in [2.75, 3.05) is 4.90 Å². The van der Waals surface area contributed by atoms with E-state index in [4.69, 9.17) is 22.1 Å². The molecule has 1 aliphatic heterocycles. The molecule has 3 aromatic carbocycles. The third-order valence-corrected chi connectivity index (χ3v) is 6.22. The molecule has 11 heteroatoms. The van der Waals surface area contributed by atoms with E-state index in [2.05, 4.69) is 21.2 Å². The average molecular weight is 581 g/mol. The van der Waals surface area contributed by atoms with E-state index in [-0.39, 0.29) is 34.1 Å². The molecule has 4 rings (SSSR count). The maximum Gasteiger partial charge on any atom is 0.335 e. The summed E-state index contributed by atoms with van der Waals surface area (Å²) >= 11 is 8.58. The van der Waals surface area contributed by atoms with Crippen molar-refractivity contribution in [2.45, 2.75) is 6.61 Å². The number of amides is 2. The number of nitrogens with zero attached hydrogens (tertiary/aromatic N) is 1. The molecule has 0 radical (unpaired) electrons. The quantitative estimate of drug-likeness (QED) is 0.214. The van der Waals surface area contributed by atoms with E-state index in [1.807, 2.05) is 0 Å². The standard InChI is InChI=1S/C26H17BrN2O7S/c27-20-11-15(6-9-21(20)36-13-14-4-7-16(8-5-14)24(32)33)10-19-22(30)28-26(37)29(23(19)31)18-3-1-2-17(12-18)25(34)35/h1-12H,13H2,(H,32,33)(H,34,35)(H,28,30,37). The van der Waals surface area contributed by atoms with E-state index in [0.29, 0.717) is 15.8 Å². The lowest BCUT2D eigenvalue weighted by Gasteiger charge is -2.29. The summed E-state index contributed by atoms with van der Waals surface area (Å²) < 4.78 is 6.36. The molecule has 1 aliphatic rings. The second-order valence-electron chi connectivity index (χ2n) is 7.79. The molecule has 1 heterocycles. The first-order valence-corrected chi connectivity index (χ1v) is 11.8. The van der Waals surface area contributed by atoms with E-state index in [1.54, 1.807) is 30.3 Å². The number of carboxylic acids is 2. The first-order chi connectivity index (χ1) is 17.6. The molecule has 0 unspecified atom stereocenters. The highest BCUT2D eigenvalue weighted by Crippen LogP contribution is 2.29. The number of carbonyl (C=O) groups excluding carboxylic acids is 2. The Hall–Kier alpha value is -4.35. The van der Waals surface area contributed by atoms with Gasteiger partial charge in [0.25, 0.3) is 11.8 Å². The summed E-state index contributed by atoms with van der Waals surface area (Å²) in [6.45, 7) is 0.196. The smallest absolute Gasteiger partial charge is 0.335 e. The Balaban J connectivity index is 1.54. The second-order valence-corrected chi connectivity index (χ2v) is 9.03. The van der Waals surface area contributed by atoms with Crippen molar-refractivity contribution in [3.63, 3.8) is 0 Å². The van der Waals surface area contributed by atoms with Crippen LogP contribution < -0.4 is 15.0 Å². The van der Waals surface area contributed by atoms with Gasteiger partial charge in [-0.25, -0.2) is 9.59 Å². The van der Waals surface area contributed by atoms with Crippen LogP contribution in [0.4, 0.5) is 5.69 Å². The number of benzene rings is 3. The number of nitrogens with one attached hydrogen (secondary N) is 1. The first kappa shape index (κ1) is 25.7. The highest BCUT2D eigenvalue weighted by atomic mass is 79.9. The number of halogens is 1. The first-order valence-electron chi connectivity index (χ1n) is 10.6. The van der Waals surface area contributed by atoms with E-state index in [9.17, 15) is 24.3 Å². The highest BCUT2D eigenvalue weighted by molar-refractivity contribution is 9.10. The summed E-state index contributed by atoms with van der Waals surface area (Å²) in [5.41, 5.74) is 1.46. The molecular formula is C26H17BrN2O7S. The lowest BCUT2D eigenvalue weighted by molar-refractivity contribution is -0.122. The molecule has 0 spiro atoms. The van der Waals surface area contributed by atoms with Crippen LogP contribution in [0.5, 0.6) is 5.75 Å². The molecule has 2 amide bonds. The van der Waals surface area contributed by atoms with Gasteiger partial charge in [-0.3, -0.25) is 19.8 Å². The minimum atomic E-state index is -1.17. The number of rotatable bonds is 7. The van der Waals surface area contributed by atoms with Crippen LogP contribution in [-0.2, 0) is 16.2 Å². The Morgan fingerprint density at radius 3 is 2.32 bits per heavy atom. The summed E-state index contributed by atoms with van der Waals surface area (Å²) in [6, 6.07) is 16.9. The van der Waals surface area contributed by atoms with Crippen molar-refractivity contribution in [2.24, 2.45) is 0 Å². The highest BCUT2D eigenvalue weighted by Gasteiger charge is 2.34. The van der Waals surface area contributed by atoms with E-state index in [1.165, 1.54) is 42.5 Å². The predicted octanol–water partition coefficient (Wildman–Crippen LogP) is 4.26. The Bertz CT molecular complexity index is 1480. The van der Waals surface area contributed by atoms with Crippen molar-refractivity contribution in [3.8, 4) is 5.75 Å². The summed E-state index contributed by atoms with van der Waals surface area (Å²) in [4.78, 5) is 49.1. The van der Waals surface area contributed by atoms with Crippen LogP contribution in [0.3, 0.4) is 0 Å². The van der Waals surface area contributed by atoms with Gasteiger partial charge in [-0.1, -0.05) is 24.3 Å². The van der Waals surface area contributed by atoms with Crippen LogP contribution >= 0.6 is 28.1 Å². The van der Waals surface area contributed by atoms with E-state index < -0.39 is 23.8 Å². The van der Waals surface area contributed by atoms with Crippen LogP contribution in [0, 0.1) is 0 Å². The Morgan fingerprint density at radius 2 is 1.68 bits per heavy atom. The zero-order chi connectivity index (χ0) is 26.7. The third kappa shape index (κ3) is 5.74. The average Bonchev–Trinajstić information content (AvgIpc) is 2.86. The van der Waals surface area contributed by atoms with Gasteiger partial charge < -0.3 is 14.9 Å². The molecule has 0 saturated carbocycles. The molecule has 0 aromatic heterocycles. The number of carboxylic acid groups (broad SMARTS) is 2. The Morgan fingerprint density at radius 1 is 0.973 bits per heavy atom. The van der Waals surface area contributed by atoms with E-state index in [0.717, 1.165) is 10.5 Å². The largest absolute Gasteiger partial charge is 0.488 e. The number of anilines is 1. The summed E-state index contributed by atoms with van der Waals surface area (Å²) in [6.07, 6.45) is 1.40. The molecule has 37 heavy (non-hydrogen) atoms. The summed E-state index contributed by atoms with van der Waals surface area (Å²) in [5.74, 6) is -3.05. The zero-order valence-corrected chi connectivity index (χ0v) is 21.2. The SMILES string of the molecule is O=C1NC(=S)N(c2cccc(C(=O)O)c2)C(=O)C1=Cc1ccc(OCc2ccc(C(=O)O)cc2)c(Br)c1.